The van der Waals surface area contributed by atoms with Crippen molar-refractivity contribution < 1.29 is 14.6 Å². The molecule has 2 N–H and O–H groups in total. The summed E-state index contributed by atoms with van der Waals surface area (Å²) in [6.45, 7) is 1.65. The van der Waals surface area contributed by atoms with Crippen LogP contribution in [0.25, 0.3) is 0 Å². The second kappa shape index (κ2) is 7.09. The predicted octanol–water partition coefficient (Wildman–Crippen LogP) is 2.31. The highest BCUT2D eigenvalue weighted by molar-refractivity contribution is 5.84. The molecule has 5 nitrogen and oxygen atoms in total. The van der Waals surface area contributed by atoms with Gasteiger partial charge in [-0.3, -0.25) is 4.79 Å². The van der Waals surface area contributed by atoms with E-state index >= 15 is 0 Å². The van der Waals surface area contributed by atoms with Crippen molar-refractivity contribution in [2.75, 3.05) is 0 Å². The van der Waals surface area contributed by atoms with E-state index in [4.69, 9.17) is 9.84 Å². The van der Waals surface area contributed by atoms with Crippen molar-refractivity contribution >= 4 is 12.1 Å². The third-order valence-electron chi connectivity index (χ3n) is 2.71. The summed E-state index contributed by atoms with van der Waals surface area (Å²) in [7, 11) is 0. The number of carbonyl (C=O) groups excluding carboxylic acids is 1. The van der Waals surface area contributed by atoms with Crippen LogP contribution in [0.1, 0.15) is 12.5 Å². The molecule has 0 aromatic heterocycles. The smallest absolute Gasteiger partial charge is 0.280 e. The Morgan fingerprint density at radius 3 is 2.52 bits per heavy atom. The molecule has 0 aliphatic rings. The molecular weight excluding hydrogens is 268 g/mol. The molecular formula is C16H16N2O3. The van der Waals surface area contributed by atoms with Gasteiger partial charge in [-0.05, 0) is 48.9 Å². The SMILES string of the molecule is C[C@@H](Oc1ccccc1)C(=O)N/N=C\c1ccc(O)cc1. The molecule has 0 fully saturated rings. The zero-order valence-electron chi connectivity index (χ0n) is 11.6. The third-order valence-corrected chi connectivity index (χ3v) is 2.71. The van der Waals surface area contributed by atoms with Crippen molar-refractivity contribution in [3.8, 4) is 11.5 Å². The van der Waals surface area contributed by atoms with Gasteiger partial charge in [-0.1, -0.05) is 18.2 Å². The molecule has 0 heterocycles. The number of para-hydroxylation sites is 1. The fourth-order valence-electron chi connectivity index (χ4n) is 1.58. The van der Waals surface area contributed by atoms with Crippen LogP contribution in [-0.4, -0.2) is 23.3 Å². The van der Waals surface area contributed by atoms with Gasteiger partial charge in [0.2, 0.25) is 0 Å². The lowest BCUT2D eigenvalue weighted by atomic mass is 10.2. The quantitative estimate of drug-likeness (QED) is 0.654. The molecule has 21 heavy (non-hydrogen) atoms. The zero-order chi connectivity index (χ0) is 15.1. The maximum atomic E-state index is 11.8. The van der Waals surface area contributed by atoms with Crippen LogP contribution in [0, 0.1) is 0 Å². The van der Waals surface area contributed by atoms with Gasteiger partial charge in [-0.2, -0.15) is 5.10 Å². The first-order valence-electron chi connectivity index (χ1n) is 6.49. The Balaban J connectivity index is 1.85. The predicted molar refractivity (Wildman–Crippen MR) is 80.4 cm³/mol. The average Bonchev–Trinajstić information content (AvgIpc) is 2.50. The summed E-state index contributed by atoms with van der Waals surface area (Å²) in [6, 6.07) is 15.6. The lowest BCUT2D eigenvalue weighted by Crippen LogP contribution is -2.33. The van der Waals surface area contributed by atoms with Gasteiger partial charge in [0, 0.05) is 0 Å². The van der Waals surface area contributed by atoms with Crippen molar-refractivity contribution in [3.63, 3.8) is 0 Å². The van der Waals surface area contributed by atoms with Gasteiger partial charge < -0.3 is 9.84 Å². The molecule has 0 aliphatic heterocycles. The molecule has 0 unspecified atom stereocenters. The first-order chi connectivity index (χ1) is 10.1. The number of hydrazone groups is 1. The van der Waals surface area contributed by atoms with Crippen LogP contribution in [0.2, 0.25) is 0 Å². The highest BCUT2D eigenvalue weighted by Crippen LogP contribution is 2.10. The van der Waals surface area contributed by atoms with E-state index in [-0.39, 0.29) is 11.7 Å². The number of aromatic hydroxyl groups is 1. The minimum atomic E-state index is -0.649. The minimum absolute atomic E-state index is 0.182. The standard InChI is InChI=1S/C16H16N2O3/c1-12(21-15-5-3-2-4-6-15)16(20)18-17-11-13-7-9-14(19)10-8-13/h2-12,19H,1H3,(H,18,20)/b17-11-/t12-/m1/s1. The minimum Gasteiger partial charge on any atom is -0.508 e. The molecule has 0 saturated heterocycles. The molecule has 5 heteroatoms. The lowest BCUT2D eigenvalue weighted by Gasteiger charge is -2.12. The molecule has 1 atom stereocenters. The molecule has 0 aliphatic carbocycles. The molecule has 0 bridgehead atoms. The molecule has 2 rings (SSSR count). The third kappa shape index (κ3) is 4.65. The summed E-state index contributed by atoms with van der Waals surface area (Å²) >= 11 is 0. The van der Waals surface area contributed by atoms with Crippen LogP contribution in [0.5, 0.6) is 11.5 Å². The Kier molecular flexibility index (Phi) is 4.93. The van der Waals surface area contributed by atoms with E-state index in [0.717, 1.165) is 5.56 Å². The number of nitrogens with one attached hydrogen (secondary N) is 1. The molecule has 0 radical (unpaired) electrons. The Morgan fingerprint density at radius 2 is 1.86 bits per heavy atom. The molecule has 108 valence electrons. The van der Waals surface area contributed by atoms with E-state index in [1.807, 2.05) is 18.2 Å². The number of rotatable bonds is 5. The van der Waals surface area contributed by atoms with E-state index in [2.05, 4.69) is 10.5 Å². The van der Waals surface area contributed by atoms with Crippen molar-refractivity contribution in [1.82, 2.24) is 5.43 Å². The Bertz CT molecular complexity index is 609. The van der Waals surface area contributed by atoms with Crippen molar-refractivity contribution in [1.29, 1.82) is 0 Å². The highest BCUT2D eigenvalue weighted by atomic mass is 16.5. The number of phenolic OH excluding ortho intramolecular Hbond substituents is 1. The Hall–Kier alpha value is -2.82. The van der Waals surface area contributed by atoms with Crippen LogP contribution in [0.4, 0.5) is 0 Å². The van der Waals surface area contributed by atoms with Gasteiger partial charge in [0.15, 0.2) is 6.10 Å². The topological polar surface area (TPSA) is 70.9 Å². The van der Waals surface area contributed by atoms with E-state index in [0.29, 0.717) is 5.75 Å². The van der Waals surface area contributed by atoms with Gasteiger partial charge in [-0.15, -0.1) is 0 Å². The summed E-state index contributed by atoms with van der Waals surface area (Å²) < 4.78 is 5.48. The van der Waals surface area contributed by atoms with Crippen molar-refractivity contribution in [2.24, 2.45) is 5.10 Å². The number of nitrogens with zero attached hydrogens (tertiary/aromatic N) is 1. The van der Waals surface area contributed by atoms with E-state index in [9.17, 15) is 4.79 Å². The first kappa shape index (κ1) is 14.6. The fraction of sp³-hybridized carbons (Fsp3) is 0.125. The lowest BCUT2D eigenvalue weighted by molar-refractivity contribution is -0.127. The summed E-state index contributed by atoms with van der Waals surface area (Å²) in [4.78, 5) is 11.8. The molecule has 0 saturated carbocycles. The number of hydrogen-bond donors (Lipinski definition) is 2. The van der Waals surface area contributed by atoms with Gasteiger partial charge in [0.05, 0.1) is 6.21 Å². The summed E-state index contributed by atoms with van der Waals surface area (Å²) in [5, 5.41) is 13.0. The Morgan fingerprint density at radius 1 is 1.19 bits per heavy atom. The summed E-state index contributed by atoms with van der Waals surface area (Å²) in [6.07, 6.45) is 0.844. The number of amides is 1. The van der Waals surface area contributed by atoms with Gasteiger partial charge in [-0.25, -0.2) is 5.43 Å². The van der Waals surface area contributed by atoms with Crippen LogP contribution < -0.4 is 10.2 Å². The van der Waals surface area contributed by atoms with Gasteiger partial charge in [0.25, 0.3) is 5.91 Å². The summed E-state index contributed by atoms with van der Waals surface area (Å²) in [5.74, 6) is 0.470. The van der Waals surface area contributed by atoms with Crippen LogP contribution >= 0.6 is 0 Å². The molecule has 2 aromatic carbocycles. The molecule has 1 amide bonds. The fourth-order valence-corrected chi connectivity index (χ4v) is 1.58. The number of hydrogen-bond acceptors (Lipinski definition) is 4. The van der Waals surface area contributed by atoms with Crippen molar-refractivity contribution in [3.05, 3.63) is 60.2 Å². The van der Waals surface area contributed by atoms with Crippen molar-refractivity contribution in [2.45, 2.75) is 13.0 Å². The normalized spacial score (nSPS) is 12.0. The highest BCUT2D eigenvalue weighted by Gasteiger charge is 2.13. The largest absolute Gasteiger partial charge is 0.508 e. The average molecular weight is 284 g/mol. The van der Waals surface area contributed by atoms with Crippen LogP contribution in [0.3, 0.4) is 0 Å². The zero-order valence-corrected chi connectivity index (χ0v) is 11.6. The number of carbonyl (C=O) groups is 1. The van der Waals surface area contributed by atoms with Gasteiger partial charge in [0.1, 0.15) is 11.5 Å². The van der Waals surface area contributed by atoms with Crippen LogP contribution in [-0.2, 0) is 4.79 Å². The maximum absolute atomic E-state index is 11.8. The Labute approximate surface area is 122 Å². The van der Waals surface area contributed by atoms with Gasteiger partial charge >= 0.3 is 0 Å². The second-order valence-corrected chi connectivity index (χ2v) is 4.40. The van der Waals surface area contributed by atoms with E-state index in [1.165, 1.54) is 6.21 Å². The van der Waals surface area contributed by atoms with E-state index < -0.39 is 6.10 Å². The monoisotopic (exact) mass is 284 g/mol. The van der Waals surface area contributed by atoms with E-state index in [1.54, 1.807) is 43.3 Å². The van der Waals surface area contributed by atoms with Crippen LogP contribution in [0.15, 0.2) is 59.7 Å². The maximum Gasteiger partial charge on any atom is 0.280 e. The number of phenols is 1. The second-order valence-electron chi connectivity index (χ2n) is 4.40. The summed E-state index contributed by atoms with van der Waals surface area (Å²) in [5.41, 5.74) is 3.18. The first-order valence-corrected chi connectivity index (χ1v) is 6.49. The molecule has 2 aromatic rings. The number of ether oxygens (including phenoxy) is 1. The number of benzene rings is 2. The molecule has 0 spiro atoms.